The molecule has 0 aliphatic heterocycles. The quantitative estimate of drug-likeness (QED) is 0.921. The molecule has 2 rings (SSSR count). The van der Waals surface area contributed by atoms with E-state index in [1.807, 2.05) is 37.3 Å². The van der Waals surface area contributed by atoms with Crippen molar-refractivity contribution in [1.29, 1.82) is 0 Å². The fourth-order valence-electron chi connectivity index (χ4n) is 2.10. The van der Waals surface area contributed by atoms with Crippen molar-refractivity contribution in [2.75, 3.05) is 18.5 Å². The number of rotatable bonds is 5. The first-order valence-corrected chi connectivity index (χ1v) is 7.35. The standard InChI is InChI=1S/C18H20N2O2/c1-3-12-19-17(21)14-8-7-9-15(13-14)18(22)20(2)16-10-5-4-6-11-16/h4-11,13H,3,12H2,1-2H3,(H,19,21). The van der Waals surface area contributed by atoms with Crippen LogP contribution in [0, 0.1) is 0 Å². The lowest BCUT2D eigenvalue weighted by molar-refractivity contribution is 0.0953. The highest BCUT2D eigenvalue weighted by molar-refractivity contribution is 6.07. The van der Waals surface area contributed by atoms with Gasteiger partial charge in [0.15, 0.2) is 0 Å². The van der Waals surface area contributed by atoms with E-state index in [-0.39, 0.29) is 11.8 Å². The molecule has 0 aromatic heterocycles. The molecule has 0 aliphatic rings. The third-order valence-corrected chi connectivity index (χ3v) is 3.36. The number of carbonyl (C=O) groups is 2. The Bertz CT molecular complexity index is 653. The van der Waals surface area contributed by atoms with Crippen molar-refractivity contribution in [3.63, 3.8) is 0 Å². The summed E-state index contributed by atoms with van der Waals surface area (Å²) in [5.74, 6) is -0.296. The third kappa shape index (κ3) is 3.73. The normalized spacial score (nSPS) is 10.1. The highest BCUT2D eigenvalue weighted by atomic mass is 16.2. The van der Waals surface area contributed by atoms with Crippen molar-refractivity contribution in [2.45, 2.75) is 13.3 Å². The van der Waals surface area contributed by atoms with Gasteiger partial charge in [-0.1, -0.05) is 31.2 Å². The summed E-state index contributed by atoms with van der Waals surface area (Å²) in [6.45, 7) is 2.62. The molecule has 4 nitrogen and oxygen atoms in total. The van der Waals surface area contributed by atoms with Gasteiger partial charge in [-0.15, -0.1) is 0 Å². The summed E-state index contributed by atoms with van der Waals surface area (Å²) in [6.07, 6.45) is 0.876. The molecule has 0 bridgehead atoms. The average Bonchev–Trinajstić information content (AvgIpc) is 2.59. The first kappa shape index (κ1) is 15.8. The fourth-order valence-corrected chi connectivity index (χ4v) is 2.10. The molecule has 1 N–H and O–H groups in total. The van der Waals surface area contributed by atoms with Crippen LogP contribution in [0.3, 0.4) is 0 Å². The Hall–Kier alpha value is -2.62. The summed E-state index contributed by atoms with van der Waals surface area (Å²) in [4.78, 5) is 26.1. The highest BCUT2D eigenvalue weighted by Crippen LogP contribution is 2.15. The number of para-hydroxylation sites is 1. The number of anilines is 1. The number of nitrogens with zero attached hydrogens (tertiary/aromatic N) is 1. The Morgan fingerprint density at radius 1 is 1.00 bits per heavy atom. The molecule has 0 saturated heterocycles. The van der Waals surface area contributed by atoms with E-state index >= 15 is 0 Å². The van der Waals surface area contributed by atoms with Crippen LogP contribution in [0.1, 0.15) is 34.1 Å². The number of hydrogen-bond donors (Lipinski definition) is 1. The van der Waals surface area contributed by atoms with Gasteiger partial charge in [0, 0.05) is 30.4 Å². The zero-order valence-corrected chi connectivity index (χ0v) is 12.9. The largest absolute Gasteiger partial charge is 0.352 e. The van der Waals surface area contributed by atoms with Crippen LogP contribution in [-0.4, -0.2) is 25.4 Å². The first-order chi connectivity index (χ1) is 10.6. The summed E-state index contributed by atoms with van der Waals surface area (Å²) >= 11 is 0. The van der Waals surface area contributed by atoms with Gasteiger partial charge in [-0.2, -0.15) is 0 Å². The predicted octanol–water partition coefficient (Wildman–Crippen LogP) is 3.10. The molecule has 2 aromatic rings. The van der Waals surface area contributed by atoms with Gasteiger partial charge in [-0.3, -0.25) is 9.59 Å². The van der Waals surface area contributed by atoms with Crippen LogP contribution in [0.15, 0.2) is 54.6 Å². The highest BCUT2D eigenvalue weighted by Gasteiger charge is 2.15. The van der Waals surface area contributed by atoms with E-state index < -0.39 is 0 Å². The Kier molecular flexibility index (Phi) is 5.31. The van der Waals surface area contributed by atoms with E-state index in [0.717, 1.165) is 12.1 Å². The minimum absolute atomic E-state index is 0.142. The van der Waals surface area contributed by atoms with Crippen LogP contribution in [-0.2, 0) is 0 Å². The molecule has 0 unspecified atom stereocenters. The van der Waals surface area contributed by atoms with Crippen LogP contribution in [0.2, 0.25) is 0 Å². The molecule has 0 fully saturated rings. The van der Waals surface area contributed by atoms with Crippen molar-refractivity contribution >= 4 is 17.5 Å². The third-order valence-electron chi connectivity index (χ3n) is 3.36. The Balaban J connectivity index is 2.18. The van der Waals surface area contributed by atoms with Crippen molar-refractivity contribution in [2.24, 2.45) is 0 Å². The minimum Gasteiger partial charge on any atom is -0.352 e. The van der Waals surface area contributed by atoms with E-state index in [4.69, 9.17) is 0 Å². The SMILES string of the molecule is CCCNC(=O)c1cccc(C(=O)N(C)c2ccccc2)c1. The average molecular weight is 296 g/mol. The molecule has 0 radical (unpaired) electrons. The van der Waals surface area contributed by atoms with Crippen LogP contribution in [0.5, 0.6) is 0 Å². The molecule has 0 aliphatic carbocycles. The lowest BCUT2D eigenvalue weighted by Crippen LogP contribution is -2.27. The van der Waals surface area contributed by atoms with E-state index in [1.54, 1.807) is 36.2 Å². The smallest absolute Gasteiger partial charge is 0.258 e. The van der Waals surface area contributed by atoms with Crippen LogP contribution < -0.4 is 10.2 Å². The van der Waals surface area contributed by atoms with Crippen LogP contribution in [0.4, 0.5) is 5.69 Å². The molecule has 4 heteroatoms. The summed E-state index contributed by atoms with van der Waals surface area (Å²) in [7, 11) is 1.72. The molecule has 2 aromatic carbocycles. The summed E-state index contributed by atoms with van der Waals surface area (Å²) in [6, 6.07) is 16.2. The Morgan fingerprint density at radius 3 is 2.36 bits per heavy atom. The number of nitrogens with one attached hydrogen (secondary N) is 1. The minimum atomic E-state index is -0.154. The van der Waals surface area contributed by atoms with Crippen LogP contribution >= 0.6 is 0 Å². The summed E-state index contributed by atoms with van der Waals surface area (Å²) < 4.78 is 0. The molecule has 0 saturated carbocycles. The summed E-state index contributed by atoms with van der Waals surface area (Å²) in [5.41, 5.74) is 1.81. The second-order valence-corrected chi connectivity index (χ2v) is 5.04. The first-order valence-electron chi connectivity index (χ1n) is 7.35. The van der Waals surface area contributed by atoms with Crippen molar-refractivity contribution in [1.82, 2.24) is 5.32 Å². The second kappa shape index (κ2) is 7.41. The number of hydrogen-bond acceptors (Lipinski definition) is 2. The monoisotopic (exact) mass is 296 g/mol. The van der Waals surface area contributed by atoms with Gasteiger partial charge in [-0.25, -0.2) is 0 Å². The van der Waals surface area contributed by atoms with E-state index in [0.29, 0.717) is 17.7 Å². The van der Waals surface area contributed by atoms with E-state index in [2.05, 4.69) is 5.32 Å². The van der Waals surface area contributed by atoms with Crippen molar-refractivity contribution in [3.8, 4) is 0 Å². The maximum absolute atomic E-state index is 12.5. The van der Waals surface area contributed by atoms with Gasteiger partial charge >= 0.3 is 0 Å². The Labute approximate surface area is 130 Å². The van der Waals surface area contributed by atoms with E-state index in [1.165, 1.54) is 0 Å². The number of amides is 2. The number of benzene rings is 2. The van der Waals surface area contributed by atoms with Gasteiger partial charge in [-0.05, 0) is 36.8 Å². The van der Waals surface area contributed by atoms with Gasteiger partial charge in [0.05, 0.1) is 0 Å². The van der Waals surface area contributed by atoms with Crippen LogP contribution in [0.25, 0.3) is 0 Å². The molecular formula is C18H20N2O2. The van der Waals surface area contributed by atoms with Gasteiger partial charge in [0.25, 0.3) is 11.8 Å². The molecule has 114 valence electrons. The molecular weight excluding hydrogens is 276 g/mol. The fraction of sp³-hybridized carbons (Fsp3) is 0.222. The van der Waals surface area contributed by atoms with E-state index in [9.17, 15) is 9.59 Å². The lowest BCUT2D eigenvalue weighted by Gasteiger charge is -2.17. The topological polar surface area (TPSA) is 49.4 Å². The van der Waals surface area contributed by atoms with Crippen molar-refractivity contribution in [3.05, 3.63) is 65.7 Å². The predicted molar refractivity (Wildman–Crippen MR) is 88.2 cm³/mol. The molecule has 0 heterocycles. The maximum atomic E-state index is 12.5. The van der Waals surface area contributed by atoms with Gasteiger partial charge < -0.3 is 10.2 Å². The number of carbonyl (C=O) groups excluding carboxylic acids is 2. The molecule has 22 heavy (non-hydrogen) atoms. The van der Waals surface area contributed by atoms with Gasteiger partial charge in [0.2, 0.25) is 0 Å². The summed E-state index contributed by atoms with van der Waals surface area (Å²) in [5, 5.41) is 2.81. The lowest BCUT2D eigenvalue weighted by atomic mass is 10.1. The zero-order chi connectivity index (χ0) is 15.9. The molecule has 0 spiro atoms. The zero-order valence-electron chi connectivity index (χ0n) is 12.9. The molecule has 0 atom stereocenters. The van der Waals surface area contributed by atoms with Crippen molar-refractivity contribution < 1.29 is 9.59 Å². The second-order valence-electron chi connectivity index (χ2n) is 5.04. The molecule has 2 amide bonds. The van der Waals surface area contributed by atoms with Gasteiger partial charge in [0.1, 0.15) is 0 Å². The maximum Gasteiger partial charge on any atom is 0.258 e. The Morgan fingerprint density at radius 2 is 1.68 bits per heavy atom.